The highest BCUT2D eigenvalue weighted by Crippen LogP contribution is 2.35. The fourth-order valence-corrected chi connectivity index (χ4v) is 4.37. The van der Waals surface area contributed by atoms with E-state index in [-0.39, 0.29) is 17.3 Å². The summed E-state index contributed by atoms with van der Waals surface area (Å²) in [5.41, 5.74) is 1.00. The number of likely N-dealkylation sites (tertiary alicyclic amines) is 1. The van der Waals surface area contributed by atoms with Gasteiger partial charge >= 0.3 is 6.03 Å². The van der Waals surface area contributed by atoms with Crippen LogP contribution < -0.4 is 24.8 Å². The molecule has 3 N–H and O–H groups in total. The average molecular weight is 555 g/mol. The van der Waals surface area contributed by atoms with Crippen LogP contribution >= 0.6 is 0 Å². The van der Waals surface area contributed by atoms with Crippen LogP contribution in [0.5, 0.6) is 23.1 Å². The molecule has 1 aliphatic heterocycles. The maximum absolute atomic E-state index is 15.0. The zero-order valence-electron chi connectivity index (χ0n) is 23.6. The summed E-state index contributed by atoms with van der Waals surface area (Å²) in [5.74, 6) is 0.720. The molecule has 3 aromatic rings. The van der Waals surface area contributed by atoms with E-state index >= 15 is 0 Å². The molecule has 1 aromatic heterocycles. The van der Waals surface area contributed by atoms with Gasteiger partial charge in [0.2, 0.25) is 5.88 Å². The summed E-state index contributed by atoms with van der Waals surface area (Å²) in [6, 6.07) is 10.9. The Labute approximate surface area is 234 Å². The molecule has 0 spiro atoms. The Morgan fingerprint density at radius 3 is 2.60 bits per heavy atom. The molecular weight excluding hydrogens is 515 g/mol. The number of nitrogens with one attached hydrogen (secondary N) is 2. The molecule has 0 aliphatic carbocycles. The Hall–Kier alpha value is -3.63. The molecule has 0 unspecified atom stereocenters. The highest BCUT2D eigenvalue weighted by atomic mass is 19.1. The number of carbonyl (C=O) groups excluding carboxylic acids is 1. The molecule has 4 rings (SSSR count). The van der Waals surface area contributed by atoms with Gasteiger partial charge in [-0.05, 0) is 48.9 Å². The van der Waals surface area contributed by atoms with Gasteiger partial charge in [0.15, 0.2) is 11.6 Å². The molecule has 0 bridgehead atoms. The van der Waals surface area contributed by atoms with Crippen LogP contribution in [-0.2, 0) is 0 Å². The van der Waals surface area contributed by atoms with E-state index in [4.69, 9.17) is 14.2 Å². The number of aromatic nitrogens is 1. The lowest BCUT2D eigenvalue weighted by Gasteiger charge is -2.29. The third-order valence-corrected chi connectivity index (χ3v) is 6.73. The Morgan fingerprint density at radius 2 is 1.90 bits per heavy atom. The van der Waals surface area contributed by atoms with E-state index in [1.165, 1.54) is 19.2 Å². The van der Waals surface area contributed by atoms with E-state index in [2.05, 4.69) is 41.3 Å². The van der Waals surface area contributed by atoms with Crippen LogP contribution in [-0.4, -0.2) is 67.0 Å². The van der Waals surface area contributed by atoms with E-state index in [1.807, 2.05) is 12.1 Å². The van der Waals surface area contributed by atoms with Crippen LogP contribution in [0, 0.1) is 11.2 Å². The van der Waals surface area contributed by atoms with Gasteiger partial charge in [0.1, 0.15) is 18.1 Å². The average Bonchev–Trinajstić information content (AvgIpc) is 2.90. The van der Waals surface area contributed by atoms with Gasteiger partial charge in [-0.25, -0.2) is 14.2 Å². The van der Waals surface area contributed by atoms with Crippen molar-refractivity contribution in [1.29, 1.82) is 0 Å². The fourth-order valence-electron chi connectivity index (χ4n) is 4.37. The smallest absolute Gasteiger partial charge is 0.319 e. The van der Waals surface area contributed by atoms with Gasteiger partial charge in [0, 0.05) is 55.5 Å². The second kappa shape index (κ2) is 13.1. The number of halogens is 1. The number of aliphatic hydroxyl groups is 1. The van der Waals surface area contributed by atoms with Crippen molar-refractivity contribution >= 4 is 22.6 Å². The Balaban J connectivity index is 1.41. The maximum Gasteiger partial charge on any atom is 0.319 e. The SMILES string of the molecule is COc1cc(Oc2ccc(NC(=O)NCCC(C)(C)C)cc2F)c2ccc(OCCN3CCC(O)CC3)cc2n1. The number of methoxy groups -OCH3 is 1. The van der Waals surface area contributed by atoms with Crippen molar-refractivity contribution in [3.63, 3.8) is 0 Å². The van der Waals surface area contributed by atoms with E-state index in [1.54, 1.807) is 18.2 Å². The number of fused-ring (bicyclic) bond motifs is 1. The molecule has 0 saturated carbocycles. The lowest BCUT2D eigenvalue weighted by atomic mass is 9.92. The molecule has 2 aromatic carbocycles. The predicted octanol–water partition coefficient (Wildman–Crippen LogP) is 5.57. The minimum absolute atomic E-state index is 0.000204. The Bertz CT molecular complexity index is 1310. The van der Waals surface area contributed by atoms with E-state index in [0.717, 1.165) is 38.9 Å². The summed E-state index contributed by atoms with van der Waals surface area (Å²) in [5, 5.41) is 15.8. The largest absolute Gasteiger partial charge is 0.492 e. The minimum Gasteiger partial charge on any atom is -0.492 e. The number of pyridine rings is 1. The number of amides is 2. The number of nitrogens with zero attached hydrogens (tertiary/aromatic N) is 2. The summed E-state index contributed by atoms with van der Waals surface area (Å²) >= 11 is 0. The molecule has 1 aliphatic rings. The molecule has 9 nitrogen and oxygen atoms in total. The van der Waals surface area contributed by atoms with Crippen LogP contribution in [0.25, 0.3) is 10.9 Å². The number of ether oxygens (including phenoxy) is 3. The number of piperidine rings is 1. The maximum atomic E-state index is 15.0. The zero-order chi connectivity index (χ0) is 28.7. The number of rotatable bonds is 10. The monoisotopic (exact) mass is 554 g/mol. The van der Waals surface area contributed by atoms with Gasteiger partial charge in [-0.2, -0.15) is 0 Å². The lowest BCUT2D eigenvalue weighted by molar-refractivity contribution is 0.0755. The van der Waals surface area contributed by atoms with E-state index in [9.17, 15) is 14.3 Å². The molecule has 10 heteroatoms. The van der Waals surface area contributed by atoms with Crippen molar-refractivity contribution in [2.45, 2.75) is 46.1 Å². The standard InChI is InChI=1S/C30H39FN4O5/c1-30(2,3)11-12-32-29(37)33-20-5-8-26(24(31)17-20)40-27-19-28(38-4)34-25-18-22(6-7-23(25)27)39-16-15-35-13-9-21(36)10-14-35/h5-8,17-19,21,36H,9-16H2,1-4H3,(H2,32,33,37). The van der Waals surface area contributed by atoms with Crippen LogP contribution in [0.2, 0.25) is 0 Å². The molecule has 216 valence electrons. The summed E-state index contributed by atoms with van der Waals surface area (Å²) < 4.78 is 32.2. The van der Waals surface area contributed by atoms with E-state index < -0.39 is 11.8 Å². The molecular formula is C30H39FN4O5. The summed E-state index contributed by atoms with van der Waals surface area (Å²) in [6.07, 6.45) is 2.20. The number of anilines is 1. The third-order valence-electron chi connectivity index (χ3n) is 6.73. The normalized spacial score (nSPS) is 14.7. The number of carbonyl (C=O) groups is 1. The number of hydrogen-bond donors (Lipinski definition) is 3. The van der Waals surface area contributed by atoms with Crippen molar-refractivity contribution in [3.05, 3.63) is 48.3 Å². The van der Waals surface area contributed by atoms with Crippen LogP contribution in [0.15, 0.2) is 42.5 Å². The van der Waals surface area contributed by atoms with Gasteiger partial charge in [-0.3, -0.25) is 4.90 Å². The second-order valence-electron chi connectivity index (χ2n) is 11.2. The van der Waals surface area contributed by atoms with Crippen LogP contribution in [0.1, 0.15) is 40.0 Å². The highest BCUT2D eigenvalue weighted by molar-refractivity contribution is 5.89. The fraction of sp³-hybridized carbons (Fsp3) is 0.467. The number of benzene rings is 2. The molecule has 1 saturated heterocycles. The first-order valence-corrected chi connectivity index (χ1v) is 13.6. The van der Waals surface area contributed by atoms with Crippen molar-refractivity contribution in [2.75, 3.05) is 45.2 Å². The topological polar surface area (TPSA) is 105 Å². The second-order valence-corrected chi connectivity index (χ2v) is 11.2. The summed E-state index contributed by atoms with van der Waals surface area (Å²) in [6.45, 7) is 9.81. The molecule has 1 fully saturated rings. The minimum atomic E-state index is -0.624. The first kappa shape index (κ1) is 29.4. The third kappa shape index (κ3) is 8.43. The van der Waals surface area contributed by atoms with Crippen LogP contribution in [0.4, 0.5) is 14.9 Å². The van der Waals surface area contributed by atoms with Gasteiger partial charge in [0.05, 0.1) is 18.7 Å². The Morgan fingerprint density at radius 1 is 1.12 bits per heavy atom. The quantitative estimate of drug-likeness (QED) is 0.301. The van der Waals surface area contributed by atoms with Gasteiger partial charge < -0.3 is 30.0 Å². The number of urea groups is 1. The van der Waals surface area contributed by atoms with Gasteiger partial charge in [-0.1, -0.05) is 20.8 Å². The molecule has 2 heterocycles. The van der Waals surface area contributed by atoms with Crippen molar-refractivity contribution in [1.82, 2.24) is 15.2 Å². The van der Waals surface area contributed by atoms with Crippen molar-refractivity contribution < 1.29 is 28.5 Å². The molecule has 40 heavy (non-hydrogen) atoms. The zero-order valence-corrected chi connectivity index (χ0v) is 23.6. The lowest BCUT2D eigenvalue weighted by Crippen LogP contribution is -2.38. The van der Waals surface area contributed by atoms with Gasteiger partial charge in [-0.15, -0.1) is 0 Å². The van der Waals surface area contributed by atoms with Gasteiger partial charge in [0.25, 0.3) is 0 Å². The first-order valence-electron chi connectivity index (χ1n) is 13.6. The highest BCUT2D eigenvalue weighted by Gasteiger charge is 2.17. The molecule has 0 atom stereocenters. The van der Waals surface area contributed by atoms with Crippen molar-refractivity contribution in [2.24, 2.45) is 5.41 Å². The molecule has 0 radical (unpaired) electrons. The van der Waals surface area contributed by atoms with Crippen LogP contribution in [0.3, 0.4) is 0 Å². The number of hydrogen-bond acceptors (Lipinski definition) is 7. The summed E-state index contributed by atoms with van der Waals surface area (Å²) in [4.78, 5) is 18.9. The van der Waals surface area contributed by atoms with E-state index in [0.29, 0.717) is 47.1 Å². The Kier molecular flexibility index (Phi) is 9.65. The summed E-state index contributed by atoms with van der Waals surface area (Å²) in [7, 11) is 1.50. The molecule has 2 amide bonds. The van der Waals surface area contributed by atoms with Crippen molar-refractivity contribution in [3.8, 4) is 23.1 Å². The number of aliphatic hydroxyl groups excluding tert-OH is 1. The predicted molar refractivity (Wildman–Crippen MR) is 153 cm³/mol. The first-order chi connectivity index (χ1) is 19.1.